The molecule has 284 valence electrons. The summed E-state index contributed by atoms with van der Waals surface area (Å²) >= 11 is 0. The second kappa shape index (κ2) is 14.1. The first-order valence-corrected chi connectivity index (χ1v) is 16.1. The van der Waals surface area contributed by atoms with Gasteiger partial charge in [-0.3, -0.25) is 0 Å². The number of ether oxygens (including phenoxy) is 6. The molecule has 0 aliphatic carbocycles. The molecule has 54 heavy (non-hydrogen) atoms. The second-order valence-corrected chi connectivity index (χ2v) is 12.1. The fraction of sp³-hybridized carbons (Fsp3) is 0.250. The summed E-state index contributed by atoms with van der Waals surface area (Å²) in [6, 6.07) is 16.6. The van der Waals surface area contributed by atoms with Gasteiger partial charge in [-0.2, -0.15) is 26.3 Å². The van der Waals surface area contributed by atoms with Crippen LogP contribution < -0.4 is 28.4 Å². The number of rotatable bonds is 14. The maximum atomic E-state index is 16.4. The number of halogens is 6. The van der Waals surface area contributed by atoms with E-state index in [-0.39, 0.29) is 79.1 Å². The van der Waals surface area contributed by atoms with Crippen LogP contribution in [0.15, 0.2) is 88.2 Å². The number of fused-ring (bicyclic) bond motifs is 2. The summed E-state index contributed by atoms with van der Waals surface area (Å²) in [6.07, 6.45) is -1.86. The van der Waals surface area contributed by atoms with Crippen molar-refractivity contribution in [1.82, 2.24) is 0 Å². The van der Waals surface area contributed by atoms with Gasteiger partial charge in [0.25, 0.3) is 0 Å². The molecule has 2 aromatic heterocycles. The molecule has 0 saturated carbocycles. The molecule has 6 rings (SSSR count). The number of hydrogen-bond donors (Lipinski definition) is 0. The standard InChI is InChI=1S/C40H34F6O8/c1-21(35-27-13-11-25(48-3)19-32(27)54-37(35)23-9-15-30(50-5)34(17-23)52-7)39(43,44)40(45,46)38(41,42)20-28-26-12-10-24(47-2)18-31(26)53-36(28)22-8-14-29(49-4)33(16-22)51-6/h8-19H,1,20H2,2-7H3. The quantitative estimate of drug-likeness (QED) is 0.102. The zero-order chi connectivity index (χ0) is 39.2. The second-order valence-electron chi connectivity index (χ2n) is 12.1. The van der Waals surface area contributed by atoms with Crippen LogP contribution in [0.5, 0.6) is 34.5 Å². The Morgan fingerprint density at radius 1 is 0.556 bits per heavy atom. The van der Waals surface area contributed by atoms with E-state index in [2.05, 4.69) is 6.58 Å². The van der Waals surface area contributed by atoms with E-state index in [1.165, 1.54) is 115 Å². The van der Waals surface area contributed by atoms with Crippen molar-refractivity contribution in [1.29, 1.82) is 0 Å². The third-order valence-electron chi connectivity index (χ3n) is 9.12. The molecule has 0 N–H and O–H groups in total. The molecule has 6 aromatic rings. The molecule has 0 aliphatic rings. The van der Waals surface area contributed by atoms with Gasteiger partial charge >= 0.3 is 17.8 Å². The Kier molecular flexibility index (Phi) is 9.91. The molecule has 0 atom stereocenters. The lowest BCUT2D eigenvalue weighted by Crippen LogP contribution is -2.55. The lowest BCUT2D eigenvalue weighted by molar-refractivity contribution is -0.287. The van der Waals surface area contributed by atoms with Crippen LogP contribution >= 0.6 is 0 Å². The number of allylic oxidation sites excluding steroid dienone is 1. The van der Waals surface area contributed by atoms with Crippen molar-refractivity contribution in [2.45, 2.75) is 24.2 Å². The van der Waals surface area contributed by atoms with Crippen LogP contribution in [0, 0.1) is 0 Å². The predicted molar refractivity (Wildman–Crippen MR) is 190 cm³/mol. The number of alkyl halides is 6. The third-order valence-corrected chi connectivity index (χ3v) is 9.12. The minimum absolute atomic E-state index is 0.00993. The van der Waals surface area contributed by atoms with Gasteiger partial charge < -0.3 is 37.3 Å². The van der Waals surface area contributed by atoms with Gasteiger partial charge in [0.1, 0.15) is 34.2 Å². The lowest BCUT2D eigenvalue weighted by Gasteiger charge is -2.34. The fourth-order valence-corrected chi connectivity index (χ4v) is 6.24. The summed E-state index contributed by atoms with van der Waals surface area (Å²) in [5, 5.41) is -0.126. The van der Waals surface area contributed by atoms with Crippen LogP contribution in [-0.2, 0) is 6.42 Å². The normalized spacial score (nSPS) is 12.2. The zero-order valence-corrected chi connectivity index (χ0v) is 29.9. The number of hydrogen-bond acceptors (Lipinski definition) is 8. The minimum Gasteiger partial charge on any atom is -0.497 e. The first kappa shape index (κ1) is 37.8. The smallest absolute Gasteiger partial charge is 0.376 e. The summed E-state index contributed by atoms with van der Waals surface area (Å²) in [7, 11) is 8.14. The SMILES string of the molecule is C=C(c1c(-c2ccc(OC)c(OC)c2)oc2cc(OC)ccc12)C(F)(F)C(F)(F)C(F)(F)Cc1c(-c2ccc(OC)c(OC)c2)oc2cc(OC)ccc12. The molecule has 0 saturated heterocycles. The Balaban J connectivity index is 1.47. The van der Waals surface area contributed by atoms with Gasteiger partial charge in [-0.15, -0.1) is 0 Å². The van der Waals surface area contributed by atoms with E-state index >= 15 is 26.3 Å². The molecule has 14 heteroatoms. The van der Waals surface area contributed by atoms with Crippen molar-refractivity contribution in [3.8, 4) is 57.1 Å². The molecule has 4 aromatic carbocycles. The van der Waals surface area contributed by atoms with E-state index in [9.17, 15) is 0 Å². The maximum Gasteiger partial charge on any atom is 0.376 e. The van der Waals surface area contributed by atoms with Crippen LogP contribution in [0.1, 0.15) is 11.1 Å². The molecular weight excluding hydrogens is 722 g/mol. The molecular formula is C40H34F6O8. The molecule has 8 nitrogen and oxygen atoms in total. The number of furan rings is 2. The Hall–Kier alpha value is -5.92. The Morgan fingerprint density at radius 2 is 1.02 bits per heavy atom. The average molecular weight is 757 g/mol. The van der Waals surface area contributed by atoms with Crippen molar-refractivity contribution in [2.24, 2.45) is 0 Å². The largest absolute Gasteiger partial charge is 0.497 e. The first-order chi connectivity index (χ1) is 25.7. The van der Waals surface area contributed by atoms with Crippen LogP contribution in [0.3, 0.4) is 0 Å². The van der Waals surface area contributed by atoms with Gasteiger partial charge in [-0.1, -0.05) is 6.58 Å². The van der Waals surface area contributed by atoms with Gasteiger partial charge in [0, 0.05) is 57.2 Å². The van der Waals surface area contributed by atoms with Crippen molar-refractivity contribution < 1.29 is 63.6 Å². The molecule has 0 unspecified atom stereocenters. The van der Waals surface area contributed by atoms with E-state index < -0.39 is 40.9 Å². The van der Waals surface area contributed by atoms with E-state index in [0.717, 1.165) is 0 Å². The summed E-state index contributed by atoms with van der Waals surface area (Å²) in [4.78, 5) is 0. The van der Waals surface area contributed by atoms with E-state index in [0.29, 0.717) is 0 Å². The van der Waals surface area contributed by atoms with Crippen molar-refractivity contribution in [3.63, 3.8) is 0 Å². The first-order valence-electron chi connectivity index (χ1n) is 16.1. The Bertz CT molecular complexity index is 2360. The van der Waals surface area contributed by atoms with Crippen LogP contribution in [0.25, 0.3) is 50.2 Å². The highest BCUT2D eigenvalue weighted by molar-refractivity contribution is 6.00. The van der Waals surface area contributed by atoms with Crippen molar-refractivity contribution >= 4 is 27.5 Å². The maximum absolute atomic E-state index is 16.4. The molecule has 0 amide bonds. The van der Waals surface area contributed by atoms with Gasteiger partial charge in [0.2, 0.25) is 0 Å². The minimum atomic E-state index is -6.02. The van der Waals surface area contributed by atoms with E-state index in [1.54, 1.807) is 0 Å². The lowest BCUT2D eigenvalue weighted by atomic mass is 9.87. The molecule has 0 fully saturated rings. The predicted octanol–water partition coefficient (Wildman–Crippen LogP) is 10.7. The monoisotopic (exact) mass is 756 g/mol. The van der Waals surface area contributed by atoms with Crippen molar-refractivity contribution in [2.75, 3.05) is 42.7 Å². The topological polar surface area (TPSA) is 81.7 Å². The number of benzene rings is 4. The molecule has 0 radical (unpaired) electrons. The highest BCUT2D eigenvalue weighted by Crippen LogP contribution is 2.56. The van der Waals surface area contributed by atoms with Gasteiger partial charge in [-0.05, 0) is 60.7 Å². The van der Waals surface area contributed by atoms with Crippen LogP contribution in [-0.4, -0.2) is 60.4 Å². The van der Waals surface area contributed by atoms with Gasteiger partial charge in [0.15, 0.2) is 23.0 Å². The highest BCUT2D eigenvalue weighted by atomic mass is 19.3. The molecule has 0 spiro atoms. The summed E-state index contributed by atoms with van der Waals surface area (Å²) in [5.74, 6) is -16.2. The summed E-state index contributed by atoms with van der Waals surface area (Å²) in [5.41, 5.74) is -2.53. The summed E-state index contributed by atoms with van der Waals surface area (Å²) < 4.78 is 141. The van der Waals surface area contributed by atoms with Gasteiger partial charge in [0.05, 0.1) is 42.7 Å². The van der Waals surface area contributed by atoms with Crippen LogP contribution in [0.2, 0.25) is 0 Å². The third kappa shape index (κ3) is 6.18. The molecule has 2 heterocycles. The number of methoxy groups -OCH3 is 6. The zero-order valence-electron chi connectivity index (χ0n) is 29.9. The Morgan fingerprint density at radius 3 is 1.52 bits per heavy atom. The molecule has 0 bridgehead atoms. The van der Waals surface area contributed by atoms with Crippen molar-refractivity contribution in [3.05, 3.63) is 90.5 Å². The fourth-order valence-electron chi connectivity index (χ4n) is 6.24. The highest BCUT2D eigenvalue weighted by Gasteiger charge is 2.72. The van der Waals surface area contributed by atoms with E-state index in [4.69, 9.17) is 37.3 Å². The molecule has 0 aliphatic heterocycles. The van der Waals surface area contributed by atoms with E-state index in [1.807, 2.05) is 0 Å². The Labute approximate surface area is 305 Å². The average Bonchev–Trinajstić information content (AvgIpc) is 3.73. The van der Waals surface area contributed by atoms with Crippen LogP contribution in [0.4, 0.5) is 26.3 Å². The van der Waals surface area contributed by atoms with Gasteiger partial charge in [-0.25, -0.2) is 0 Å². The summed E-state index contributed by atoms with van der Waals surface area (Å²) in [6.45, 7) is 3.30.